The lowest BCUT2D eigenvalue weighted by Gasteiger charge is -2.11. The number of rotatable bonds is 4. The molecule has 13 heavy (non-hydrogen) atoms. The van der Waals surface area contributed by atoms with E-state index in [9.17, 15) is 14.4 Å². The maximum atomic E-state index is 10.8. The van der Waals surface area contributed by atoms with Gasteiger partial charge in [0.1, 0.15) is 6.04 Å². The van der Waals surface area contributed by atoms with E-state index in [-0.39, 0.29) is 16.8 Å². The molecule has 0 aliphatic carbocycles. The number of thiol groups is 1. The zero-order chi connectivity index (χ0) is 10.4. The molecule has 1 amide bonds. The highest BCUT2D eigenvalue weighted by molar-refractivity contribution is 8.13. The normalized spacial score (nSPS) is 11.9. The van der Waals surface area contributed by atoms with Crippen molar-refractivity contribution in [2.45, 2.75) is 19.9 Å². The predicted molar refractivity (Wildman–Crippen MR) is 54.7 cm³/mol. The Hall–Kier alpha value is -0.490. The van der Waals surface area contributed by atoms with Crippen molar-refractivity contribution >= 4 is 40.5 Å². The van der Waals surface area contributed by atoms with Crippen LogP contribution in [0.3, 0.4) is 0 Å². The molecule has 0 spiro atoms. The van der Waals surface area contributed by atoms with E-state index < -0.39 is 11.2 Å². The van der Waals surface area contributed by atoms with Gasteiger partial charge in [0, 0.05) is 19.6 Å². The molecule has 0 radical (unpaired) electrons. The van der Waals surface area contributed by atoms with Gasteiger partial charge < -0.3 is 5.32 Å². The van der Waals surface area contributed by atoms with Crippen LogP contribution in [-0.4, -0.2) is 27.9 Å². The van der Waals surface area contributed by atoms with E-state index in [0.29, 0.717) is 0 Å². The second kappa shape index (κ2) is 6.04. The largest absolute Gasteiger partial charge is 0.345 e. The average Bonchev–Trinajstić information content (AvgIpc) is 1.96. The number of hydrogen-bond acceptors (Lipinski definition) is 4. The van der Waals surface area contributed by atoms with E-state index in [1.807, 2.05) is 0 Å². The molecule has 0 saturated carbocycles. The monoisotopic (exact) mass is 221 g/mol. The fourth-order valence-corrected chi connectivity index (χ4v) is 1.54. The van der Waals surface area contributed by atoms with Crippen LogP contribution in [0.25, 0.3) is 0 Å². The molecule has 0 saturated heterocycles. The van der Waals surface area contributed by atoms with Gasteiger partial charge in [-0.25, -0.2) is 0 Å². The van der Waals surface area contributed by atoms with Crippen molar-refractivity contribution < 1.29 is 14.4 Å². The minimum absolute atomic E-state index is 0.0927. The Bertz CT molecular complexity index is 230. The first-order chi connectivity index (χ1) is 5.93. The van der Waals surface area contributed by atoms with Gasteiger partial charge in [0.25, 0.3) is 0 Å². The van der Waals surface area contributed by atoms with Crippen LogP contribution in [0, 0.1) is 0 Å². The summed E-state index contributed by atoms with van der Waals surface area (Å²) < 4.78 is 0. The van der Waals surface area contributed by atoms with E-state index in [4.69, 9.17) is 0 Å². The molecule has 1 unspecified atom stereocenters. The minimum atomic E-state index is -0.685. The lowest BCUT2D eigenvalue weighted by Crippen LogP contribution is -2.39. The highest BCUT2D eigenvalue weighted by Crippen LogP contribution is 2.05. The number of carbonyl (C=O) groups is 3. The van der Waals surface area contributed by atoms with Crippen molar-refractivity contribution in [2.24, 2.45) is 0 Å². The third-order valence-electron chi connectivity index (χ3n) is 1.13. The van der Waals surface area contributed by atoms with Gasteiger partial charge in [0.2, 0.25) is 11.0 Å². The first-order valence-electron chi connectivity index (χ1n) is 3.56. The molecule has 1 atom stereocenters. The summed E-state index contributed by atoms with van der Waals surface area (Å²) in [4.78, 5) is 32.0. The van der Waals surface area contributed by atoms with Gasteiger partial charge in [0.15, 0.2) is 5.12 Å². The van der Waals surface area contributed by atoms with Gasteiger partial charge >= 0.3 is 0 Å². The molecule has 6 heteroatoms. The smallest absolute Gasteiger partial charge is 0.217 e. The summed E-state index contributed by atoms with van der Waals surface area (Å²) in [6, 6.07) is -0.685. The summed E-state index contributed by atoms with van der Waals surface area (Å²) in [6.45, 7) is 2.71. The summed E-state index contributed by atoms with van der Waals surface area (Å²) in [5.74, 6) is -0.0754. The molecule has 0 rings (SSSR count). The molecule has 74 valence electrons. The molecule has 0 aromatic heterocycles. The third kappa shape index (κ3) is 6.65. The standard InChI is InChI=1S/C7H11NO3S2/c1-4(9)8-6(7(11)12)3-13-5(2)10/h6H,3H2,1-2H3,(H,8,9)(H,11,12). The summed E-state index contributed by atoms with van der Waals surface area (Å²) in [6.07, 6.45) is 0. The number of nitrogens with one attached hydrogen (secondary N) is 1. The topological polar surface area (TPSA) is 63.2 Å². The summed E-state index contributed by atoms with van der Waals surface area (Å²) in [5.41, 5.74) is 0. The SMILES string of the molecule is CC(=O)NC(CSC(C)=O)C(=O)S. The maximum absolute atomic E-state index is 10.8. The van der Waals surface area contributed by atoms with Crippen LogP contribution in [0.4, 0.5) is 0 Å². The first-order valence-corrected chi connectivity index (χ1v) is 5.00. The van der Waals surface area contributed by atoms with Crippen molar-refractivity contribution in [3.8, 4) is 0 Å². The van der Waals surface area contributed by atoms with Gasteiger partial charge in [-0.15, -0.1) is 12.6 Å². The molecule has 0 aliphatic rings. The highest BCUT2D eigenvalue weighted by atomic mass is 32.2. The summed E-state index contributed by atoms with van der Waals surface area (Å²) >= 11 is 4.58. The lowest BCUT2D eigenvalue weighted by atomic mass is 10.4. The van der Waals surface area contributed by atoms with Crippen molar-refractivity contribution in [1.82, 2.24) is 5.32 Å². The minimum Gasteiger partial charge on any atom is -0.345 e. The third-order valence-corrected chi connectivity index (χ3v) is 2.35. The van der Waals surface area contributed by atoms with Crippen molar-refractivity contribution in [3.05, 3.63) is 0 Å². The zero-order valence-electron chi connectivity index (χ0n) is 7.36. The molecular formula is C7H11NO3S2. The predicted octanol–water partition coefficient (Wildman–Crippen LogP) is 0.227. The summed E-state index contributed by atoms with van der Waals surface area (Å²) in [5, 5.41) is 1.86. The van der Waals surface area contributed by atoms with Crippen LogP contribution in [0.5, 0.6) is 0 Å². The fourth-order valence-electron chi connectivity index (χ4n) is 0.621. The number of hydrogen-bond donors (Lipinski definition) is 2. The van der Waals surface area contributed by atoms with E-state index in [1.165, 1.54) is 13.8 Å². The van der Waals surface area contributed by atoms with E-state index in [2.05, 4.69) is 17.9 Å². The molecule has 0 aliphatic heterocycles. The van der Waals surface area contributed by atoms with Crippen molar-refractivity contribution in [1.29, 1.82) is 0 Å². The number of amides is 1. The van der Waals surface area contributed by atoms with E-state index in [1.54, 1.807) is 0 Å². The molecule has 0 fully saturated rings. The fraction of sp³-hybridized carbons (Fsp3) is 0.571. The second-order valence-corrected chi connectivity index (χ2v) is 4.03. The van der Waals surface area contributed by atoms with Gasteiger partial charge in [0.05, 0.1) is 0 Å². The Labute approximate surface area is 86.2 Å². The molecule has 4 nitrogen and oxygen atoms in total. The van der Waals surface area contributed by atoms with Gasteiger partial charge in [-0.05, 0) is 0 Å². The van der Waals surface area contributed by atoms with Crippen LogP contribution in [0.2, 0.25) is 0 Å². The second-order valence-electron chi connectivity index (χ2n) is 2.39. The maximum Gasteiger partial charge on any atom is 0.217 e. The van der Waals surface area contributed by atoms with Crippen molar-refractivity contribution in [3.63, 3.8) is 0 Å². The Kier molecular flexibility index (Phi) is 5.81. The number of thioether (sulfide) groups is 1. The Balaban J connectivity index is 4.02. The molecular weight excluding hydrogens is 210 g/mol. The van der Waals surface area contributed by atoms with Gasteiger partial charge in [-0.1, -0.05) is 11.8 Å². The molecule has 0 heterocycles. The zero-order valence-corrected chi connectivity index (χ0v) is 9.08. The van der Waals surface area contributed by atoms with Crippen LogP contribution in [0.15, 0.2) is 0 Å². The van der Waals surface area contributed by atoms with Crippen LogP contribution in [0.1, 0.15) is 13.8 Å². The van der Waals surface area contributed by atoms with Gasteiger partial charge in [-0.2, -0.15) is 0 Å². The van der Waals surface area contributed by atoms with Crippen LogP contribution < -0.4 is 5.32 Å². The molecule has 1 N–H and O–H groups in total. The van der Waals surface area contributed by atoms with Gasteiger partial charge in [-0.3, -0.25) is 14.4 Å². The number of carbonyl (C=O) groups excluding carboxylic acids is 3. The molecule has 0 aromatic rings. The Morgan fingerprint density at radius 2 is 1.92 bits per heavy atom. The van der Waals surface area contributed by atoms with E-state index in [0.717, 1.165) is 11.8 Å². The van der Waals surface area contributed by atoms with Crippen molar-refractivity contribution in [2.75, 3.05) is 5.75 Å². The quantitative estimate of drug-likeness (QED) is 0.667. The molecule has 0 aromatic carbocycles. The average molecular weight is 221 g/mol. The van der Waals surface area contributed by atoms with Crippen LogP contribution >= 0.6 is 24.4 Å². The molecule has 0 bridgehead atoms. The first kappa shape index (κ1) is 12.5. The summed E-state index contributed by atoms with van der Waals surface area (Å²) in [7, 11) is 0. The Morgan fingerprint density at radius 1 is 1.38 bits per heavy atom. The lowest BCUT2D eigenvalue weighted by molar-refractivity contribution is -0.122. The van der Waals surface area contributed by atoms with E-state index >= 15 is 0 Å². The Morgan fingerprint density at radius 3 is 2.23 bits per heavy atom. The van der Waals surface area contributed by atoms with Crippen LogP contribution in [-0.2, 0) is 14.4 Å². The highest BCUT2D eigenvalue weighted by Gasteiger charge is 2.16.